The van der Waals surface area contributed by atoms with Gasteiger partial charge in [-0.3, -0.25) is 0 Å². The molecule has 0 bridgehead atoms. The van der Waals surface area contributed by atoms with Gasteiger partial charge in [-0.25, -0.2) is 4.79 Å². The van der Waals surface area contributed by atoms with Crippen molar-refractivity contribution in [3.05, 3.63) is 0 Å². The van der Waals surface area contributed by atoms with Crippen molar-refractivity contribution in [2.24, 2.45) is 17.1 Å². The molecule has 1 aliphatic heterocycles. The van der Waals surface area contributed by atoms with Gasteiger partial charge in [-0.1, -0.05) is 0 Å². The van der Waals surface area contributed by atoms with E-state index in [1.807, 2.05) is 0 Å². The molecular formula is C13H23N3O. The lowest BCUT2D eigenvalue weighted by molar-refractivity contribution is 0.183. The van der Waals surface area contributed by atoms with Crippen LogP contribution in [0.1, 0.15) is 38.5 Å². The van der Waals surface area contributed by atoms with Crippen molar-refractivity contribution in [1.29, 1.82) is 0 Å². The molecule has 1 saturated heterocycles. The van der Waals surface area contributed by atoms with E-state index in [1.165, 1.54) is 32.2 Å². The van der Waals surface area contributed by atoms with Crippen molar-refractivity contribution < 1.29 is 4.79 Å². The van der Waals surface area contributed by atoms with Crippen LogP contribution in [0.3, 0.4) is 0 Å². The molecule has 3 N–H and O–H groups in total. The Labute approximate surface area is 103 Å². The van der Waals surface area contributed by atoms with Gasteiger partial charge < -0.3 is 16.0 Å². The standard InChI is InChI=1S/C13H23N3O/c14-12(17)16-7-3-11(4-8-16)15-9-13(5-6-13)10-1-2-10/h10-11,15H,1-9H2,(H2,14,17). The van der Waals surface area contributed by atoms with Crippen LogP contribution in [-0.2, 0) is 0 Å². The van der Waals surface area contributed by atoms with Crippen LogP contribution in [0.15, 0.2) is 0 Å². The fraction of sp³-hybridized carbons (Fsp3) is 0.923. The zero-order valence-corrected chi connectivity index (χ0v) is 10.5. The topological polar surface area (TPSA) is 58.4 Å². The summed E-state index contributed by atoms with van der Waals surface area (Å²) < 4.78 is 0. The Kier molecular flexibility index (Phi) is 2.77. The van der Waals surface area contributed by atoms with Crippen molar-refractivity contribution in [1.82, 2.24) is 10.2 Å². The molecule has 3 fully saturated rings. The molecule has 2 aliphatic carbocycles. The highest BCUT2D eigenvalue weighted by Crippen LogP contribution is 2.60. The van der Waals surface area contributed by atoms with Gasteiger partial charge in [0.25, 0.3) is 0 Å². The summed E-state index contributed by atoms with van der Waals surface area (Å²) in [7, 11) is 0. The van der Waals surface area contributed by atoms with E-state index in [0.29, 0.717) is 11.5 Å². The molecule has 2 amide bonds. The maximum Gasteiger partial charge on any atom is 0.314 e. The van der Waals surface area contributed by atoms with E-state index in [9.17, 15) is 4.79 Å². The summed E-state index contributed by atoms with van der Waals surface area (Å²) in [6.45, 7) is 2.85. The minimum atomic E-state index is -0.264. The van der Waals surface area contributed by atoms with Crippen molar-refractivity contribution >= 4 is 6.03 Å². The fourth-order valence-corrected chi connectivity index (χ4v) is 3.24. The molecule has 4 nitrogen and oxygen atoms in total. The molecule has 0 aromatic carbocycles. The van der Waals surface area contributed by atoms with Crippen LogP contribution in [0.5, 0.6) is 0 Å². The third-order valence-corrected chi connectivity index (χ3v) is 4.89. The Bertz CT molecular complexity index is 302. The minimum absolute atomic E-state index is 0.264. The highest BCUT2D eigenvalue weighted by Gasteiger charge is 2.53. The molecule has 0 aromatic rings. The van der Waals surface area contributed by atoms with Crippen LogP contribution in [-0.4, -0.2) is 36.6 Å². The summed E-state index contributed by atoms with van der Waals surface area (Å²) in [4.78, 5) is 12.8. The van der Waals surface area contributed by atoms with E-state index in [2.05, 4.69) is 5.32 Å². The van der Waals surface area contributed by atoms with Gasteiger partial charge in [0.2, 0.25) is 0 Å². The highest BCUT2D eigenvalue weighted by molar-refractivity contribution is 5.72. The molecule has 1 heterocycles. The Morgan fingerprint density at radius 3 is 2.35 bits per heavy atom. The number of nitrogens with zero attached hydrogens (tertiary/aromatic N) is 1. The van der Waals surface area contributed by atoms with Crippen molar-refractivity contribution in [2.45, 2.75) is 44.6 Å². The predicted octanol–water partition coefficient (Wildman–Crippen LogP) is 1.31. The van der Waals surface area contributed by atoms with Gasteiger partial charge in [-0.2, -0.15) is 0 Å². The van der Waals surface area contributed by atoms with Crippen LogP contribution in [0.25, 0.3) is 0 Å². The fourth-order valence-electron chi connectivity index (χ4n) is 3.24. The quantitative estimate of drug-likeness (QED) is 0.774. The predicted molar refractivity (Wildman–Crippen MR) is 66.6 cm³/mol. The van der Waals surface area contributed by atoms with Crippen molar-refractivity contribution in [3.8, 4) is 0 Å². The average molecular weight is 237 g/mol. The van der Waals surface area contributed by atoms with Gasteiger partial charge in [0.1, 0.15) is 0 Å². The molecular weight excluding hydrogens is 214 g/mol. The Hall–Kier alpha value is -0.770. The van der Waals surface area contributed by atoms with E-state index in [0.717, 1.165) is 31.8 Å². The van der Waals surface area contributed by atoms with Gasteiger partial charge in [-0.15, -0.1) is 0 Å². The van der Waals surface area contributed by atoms with E-state index in [1.54, 1.807) is 4.90 Å². The molecule has 3 rings (SSSR count). The van der Waals surface area contributed by atoms with Gasteiger partial charge in [0.05, 0.1) is 0 Å². The number of amides is 2. The number of nitrogens with two attached hydrogens (primary N) is 1. The summed E-state index contributed by atoms with van der Waals surface area (Å²) >= 11 is 0. The van der Waals surface area contributed by atoms with Crippen LogP contribution in [0.2, 0.25) is 0 Å². The Balaban J connectivity index is 1.40. The number of urea groups is 1. The second-order valence-corrected chi connectivity index (χ2v) is 6.12. The first-order valence-electron chi connectivity index (χ1n) is 6.97. The Morgan fingerprint density at radius 2 is 1.88 bits per heavy atom. The number of likely N-dealkylation sites (tertiary alicyclic amines) is 1. The number of carbonyl (C=O) groups excluding carboxylic acids is 1. The third-order valence-electron chi connectivity index (χ3n) is 4.89. The first kappa shape index (κ1) is 11.3. The summed E-state index contributed by atoms with van der Waals surface area (Å²) in [5, 5.41) is 3.73. The monoisotopic (exact) mass is 237 g/mol. The average Bonchev–Trinajstić information content (AvgIpc) is 3.17. The maximum atomic E-state index is 11.0. The van der Waals surface area contributed by atoms with E-state index in [-0.39, 0.29) is 6.03 Å². The number of nitrogens with one attached hydrogen (secondary N) is 1. The zero-order chi connectivity index (χ0) is 11.9. The smallest absolute Gasteiger partial charge is 0.314 e. The first-order chi connectivity index (χ1) is 8.20. The molecule has 17 heavy (non-hydrogen) atoms. The summed E-state index contributed by atoms with van der Waals surface area (Å²) in [5.74, 6) is 1.03. The molecule has 2 saturated carbocycles. The zero-order valence-electron chi connectivity index (χ0n) is 10.5. The second-order valence-electron chi connectivity index (χ2n) is 6.12. The van der Waals surface area contributed by atoms with Gasteiger partial charge in [0, 0.05) is 25.7 Å². The maximum absolute atomic E-state index is 11.0. The number of hydrogen-bond acceptors (Lipinski definition) is 2. The number of hydrogen-bond donors (Lipinski definition) is 2. The molecule has 0 atom stereocenters. The molecule has 4 heteroatoms. The molecule has 0 spiro atoms. The Morgan fingerprint density at radius 1 is 1.24 bits per heavy atom. The molecule has 0 radical (unpaired) electrons. The van der Waals surface area contributed by atoms with E-state index in [4.69, 9.17) is 5.73 Å². The van der Waals surface area contributed by atoms with Crippen molar-refractivity contribution in [2.75, 3.05) is 19.6 Å². The second kappa shape index (κ2) is 4.16. The first-order valence-corrected chi connectivity index (χ1v) is 6.97. The molecule has 96 valence electrons. The molecule has 0 aromatic heterocycles. The minimum Gasteiger partial charge on any atom is -0.351 e. The normalized spacial score (nSPS) is 28.1. The lowest BCUT2D eigenvalue weighted by Crippen LogP contribution is -2.47. The van der Waals surface area contributed by atoms with Crippen LogP contribution >= 0.6 is 0 Å². The number of piperidine rings is 1. The largest absolute Gasteiger partial charge is 0.351 e. The molecule has 3 aliphatic rings. The number of rotatable bonds is 4. The lowest BCUT2D eigenvalue weighted by Gasteiger charge is -2.32. The van der Waals surface area contributed by atoms with E-state index < -0.39 is 0 Å². The summed E-state index contributed by atoms with van der Waals surface area (Å²) in [5.41, 5.74) is 5.96. The van der Waals surface area contributed by atoms with Gasteiger partial charge >= 0.3 is 6.03 Å². The van der Waals surface area contributed by atoms with Crippen molar-refractivity contribution in [3.63, 3.8) is 0 Å². The van der Waals surface area contributed by atoms with Crippen LogP contribution < -0.4 is 11.1 Å². The van der Waals surface area contributed by atoms with Crippen LogP contribution in [0, 0.1) is 11.3 Å². The van der Waals surface area contributed by atoms with Gasteiger partial charge in [0.15, 0.2) is 0 Å². The lowest BCUT2D eigenvalue weighted by atomic mass is 9.98. The molecule has 0 unspecified atom stereocenters. The number of carbonyl (C=O) groups is 1. The summed E-state index contributed by atoms with van der Waals surface area (Å²) in [6, 6.07) is 0.335. The third kappa shape index (κ3) is 2.41. The summed E-state index contributed by atoms with van der Waals surface area (Å²) in [6.07, 6.45) is 7.91. The van der Waals surface area contributed by atoms with Gasteiger partial charge in [-0.05, 0) is 49.9 Å². The highest BCUT2D eigenvalue weighted by atomic mass is 16.2. The number of primary amides is 1. The van der Waals surface area contributed by atoms with Crippen LogP contribution in [0.4, 0.5) is 4.79 Å². The van der Waals surface area contributed by atoms with E-state index >= 15 is 0 Å². The SMILES string of the molecule is NC(=O)N1CCC(NCC2(C3CC3)CC2)CC1.